The molecule has 170 valence electrons. The van der Waals surface area contributed by atoms with Crippen molar-refractivity contribution < 1.29 is 9.53 Å². The number of benzene rings is 2. The Morgan fingerprint density at radius 1 is 1.27 bits per heavy atom. The third kappa shape index (κ3) is 4.45. The predicted molar refractivity (Wildman–Crippen MR) is 131 cm³/mol. The van der Waals surface area contributed by atoms with Gasteiger partial charge in [-0.05, 0) is 30.7 Å². The minimum absolute atomic E-state index is 0.118. The normalized spacial score (nSPS) is 14.2. The lowest BCUT2D eigenvalue weighted by Crippen LogP contribution is -2.50. The number of amides is 1. The average molecular weight is 444 g/mol. The first kappa shape index (κ1) is 22.5. The Labute approximate surface area is 194 Å². The van der Waals surface area contributed by atoms with Crippen LogP contribution in [0.25, 0.3) is 11.1 Å². The number of ether oxygens (including phenoxy) is 1. The summed E-state index contributed by atoms with van der Waals surface area (Å²) >= 11 is 0. The highest BCUT2D eigenvalue weighted by Gasteiger charge is 2.35. The minimum Gasteiger partial charge on any atom is -0.493 e. The molecule has 4 rings (SSSR count). The lowest BCUT2D eigenvalue weighted by atomic mass is 9.86. The zero-order chi connectivity index (χ0) is 23.4. The van der Waals surface area contributed by atoms with E-state index in [1.807, 2.05) is 55.5 Å². The van der Waals surface area contributed by atoms with Gasteiger partial charge in [0.25, 0.3) is 5.91 Å². The van der Waals surface area contributed by atoms with Crippen molar-refractivity contribution in [1.29, 1.82) is 5.41 Å². The highest BCUT2D eigenvalue weighted by molar-refractivity contribution is 5.96. The smallest absolute Gasteiger partial charge is 0.254 e. The fourth-order valence-electron chi connectivity index (χ4n) is 4.28. The van der Waals surface area contributed by atoms with Gasteiger partial charge in [0.05, 0.1) is 12.6 Å². The number of rotatable bonds is 8. The molecule has 33 heavy (non-hydrogen) atoms. The Bertz CT molecular complexity index is 1140. The van der Waals surface area contributed by atoms with E-state index < -0.39 is 0 Å². The maximum absolute atomic E-state index is 13.6. The lowest BCUT2D eigenvalue weighted by molar-refractivity contribution is 0.0625. The molecule has 1 aliphatic heterocycles. The molecule has 0 spiro atoms. The van der Waals surface area contributed by atoms with Gasteiger partial charge in [-0.2, -0.15) is 0 Å². The predicted octanol–water partition coefficient (Wildman–Crippen LogP) is 3.76. The highest BCUT2D eigenvalue weighted by atomic mass is 16.5. The Morgan fingerprint density at radius 2 is 2.03 bits per heavy atom. The van der Waals surface area contributed by atoms with Crippen molar-refractivity contribution >= 4 is 17.8 Å². The zero-order valence-corrected chi connectivity index (χ0v) is 18.9. The Hall–Kier alpha value is -3.71. The van der Waals surface area contributed by atoms with Crippen molar-refractivity contribution in [2.75, 3.05) is 32.5 Å². The van der Waals surface area contributed by atoms with E-state index in [2.05, 4.69) is 10.3 Å². The number of carbonyl (C=O) groups excluding carboxylic acids is 1. The van der Waals surface area contributed by atoms with Crippen LogP contribution in [0.2, 0.25) is 0 Å². The van der Waals surface area contributed by atoms with Gasteiger partial charge in [-0.3, -0.25) is 9.78 Å². The Balaban J connectivity index is 1.70. The molecule has 1 atom stereocenters. The van der Waals surface area contributed by atoms with Crippen LogP contribution in [-0.2, 0) is 0 Å². The van der Waals surface area contributed by atoms with Crippen LogP contribution in [0.4, 0.5) is 5.69 Å². The molecule has 1 saturated heterocycles. The number of nitrogens with two attached hydrogens (primary N) is 1. The molecule has 1 fully saturated rings. The Morgan fingerprint density at radius 3 is 2.67 bits per heavy atom. The number of pyridine rings is 1. The summed E-state index contributed by atoms with van der Waals surface area (Å²) in [5.74, 6) is 0.767. The van der Waals surface area contributed by atoms with Crippen molar-refractivity contribution in [3.63, 3.8) is 0 Å². The van der Waals surface area contributed by atoms with E-state index in [1.54, 1.807) is 24.3 Å². The summed E-state index contributed by atoms with van der Waals surface area (Å²) in [4.78, 5) is 19.6. The molecule has 7 nitrogen and oxygen atoms in total. The number of aromatic nitrogens is 1. The zero-order valence-electron chi connectivity index (χ0n) is 18.9. The molecule has 0 unspecified atom stereocenters. The molecule has 1 amide bonds. The largest absolute Gasteiger partial charge is 0.493 e. The van der Waals surface area contributed by atoms with E-state index in [1.165, 1.54) is 6.21 Å². The van der Waals surface area contributed by atoms with Gasteiger partial charge in [-0.15, -0.1) is 0 Å². The van der Waals surface area contributed by atoms with Crippen molar-refractivity contribution in [3.8, 4) is 16.9 Å². The first-order valence-electron chi connectivity index (χ1n) is 11.1. The molecule has 1 aliphatic rings. The average Bonchev–Trinajstić information content (AvgIpc) is 2.81. The van der Waals surface area contributed by atoms with Crippen molar-refractivity contribution in [1.82, 2.24) is 15.2 Å². The van der Waals surface area contributed by atoms with Gasteiger partial charge in [-0.1, -0.05) is 30.3 Å². The molecular formula is C26H29N5O2. The molecule has 3 aromatic rings. The van der Waals surface area contributed by atoms with E-state index in [4.69, 9.17) is 15.9 Å². The maximum Gasteiger partial charge on any atom is 0.254 e. The van der Waals surface area contributed by atoms with E-state index in [0.717, 1.165) is 29.8 Å². The number of nitrogens with one attached hydrogen (secondary N) is 2. The van der Waals surface area contributed by atoms with E-state index in [-0.39, 0.29) is 17.9 Å². The third-order valence-corrected chi connectivity index (χ3v) is 6.13. The summed E-state index contributed by atoms with van der Waals surface area (Å²) < 4.78 is 5.90. The van der Waals surface area contributed by atoms with Crippen LogP contribution in [0.1, 0.15) is 34.5 Å². The first-order chi connectivity index (χ1) is 16.0. The standard InChI is InChI=1S/C26H29N5O2/c1-3-33-23-11-18(9-10-21(23)17-7-5-4-6-8-17)26(32)31(2)25(20-14-29-15-20)22-16-30-13-19(12-27)24(22)28/h4-13,16,20,25,27,29H,3,14-15H2,1-2H3,(H2,28,30)/t25-/m1/s1. The second kappa shape index (κ2) is 9.83. The minimum atomic E-state index is -0.254. The van der Waals surface area contributed by atoms with Crippen LogP contribution >= 0.6 is 0 Å². The summed E-state index contributed by atoms with van der Waals surface area (Å²) in [6.45, 7) is 4.00. The molecule has 7 heteroatoms. The van der Waals surface area contributed by atoms with Crippen LogP contribution in [0.15, 0.2) is 60.9 Å². The fourth-order valence-corrected chi connectivity index (χ4v) is 4.28. The second-order valence-electron chi connectivity index (χ2n) is 8.17. The fraction of sp³-hybridized carbons (Fsp3) is 0.269. The molecule has 0 aliphatic carbocycles. The molecular weight excluding hydrogens is 414 g/mol. The SMILES string of the molecule is CCOc1cc(C(=O)N(C)[C@@H](c2cncc(C=N)c2N)C2CNC2)ccc1-c1ccccc1. The monoisotopic (exact) mass is 443 g/mol. The highest BCUT2D eigenvalue weighted by Crippen LogP contribution is 2.36. The summed E-state index contributed by atoms with van der Waals surface area (Å²) in [5, 5.41) is 10.9. The number of nitrogens with zero attached hydrogens (tertiary/aromatic N) is 2. The van der Waals surface area contributed by atoms with Crippen molar-refractivity contribution in [2.24, 2.45) is 5.92 Å². The summed E-state index contributed by atoms with van der Waals surface area (Å²) in [6.07, 6.45) is 4.47. The molecule has 0 radical (unpaired) electrons. The van der Waals surface area contributed by atoms with Gasteiger partial charge in [0.1, 0.15) is 5.75 Å². The maximum atomic E-state index is 13.6. The van der Waals surface area contributed by atoms with Crippen LogP contribution in [0.3, 0.4) is 0 Å². The Kier molecular flexibility index (Phi) is 6.70. The van der Waals surface area contributed by atoms with E-state index >= 15 is 0 Å². The van der Waals surface area contributed by atoms with Crippen LogP contribution < -0.4 is 15.8 Å². The van der Waals surface area contributed by atoms with Crippen LogP contribution in [0.5, 0.6) is 5.75 Å². The van der Waals surface area contributed by atoms with Crippen LogP contribution in [0, 0.1) is 11.3 Å². The molecule has 0 saturated carbocycles. The van der Waals surface area contributed by atoms with Gasteiger partial charge in [0, 0.05) is 72.6 Å². The molecule has 2 heterocycles. The second-order valence-corrected chi connectivity index (χ2v) is 8.17. The van der Waals surface area contributed by atoms with Crippen molar-refractivity contribution in [3.05, 3.63) is 77.6 Å². The number of hydrogen-bond donors (Lipinski definition) is 3. The van der Waals surface area contributed by atoms with Gasteiger partial charge in [0.15, 0.2) is 0 Å². The van der Waals surface area contributed by atoms with Gasteiger partial charge < -0.3 is 26.1 Å². The molecule has 0 bridgehead atoms. The summed E-state index contributed by atoms with van der Waals surface area (Å²) in [5.41, 5.74) is 10.7. The van der Waals surface area contributed by atoms with Gasteiger partial charge in [0.2, 0.25) is 0 Å². The van der Waals surface area contributed by atoms with Gasteiger partial charge in [-0.25, -0.2) is 0 Å². The van der Waals surface area contributed by atoms with E-state index in [0.29, 0.717) is 29.2 Å². The van der Waals surface area contributed by atoms with Crippen LogP contribution in [-0.4, -0.2) is 48.7 Å². The third-order valence-electron chi connectivity index (χ3n) is 6.13. The number of hydrogen-bond acceptors (Lipinski definition) is 6. The summed E-state index contributed by atoms with van der Waals surface area (Å²) in [7, 11) is 1.80. The molecule has 4 N–H and O–H groups in total. The number of nitrogen functional groups attached to an aromatic ring is 1. The quantitative estimate of drug-likeness (QED) is 0.460. The topological polar surface area (TPSA) is 104 Å². The first-order valence-corrected chi connectivity index (χ1v) is 11.1. The van der Waals surface area contributed by atoms with Gasteiger partial charge >= 0.3 is 0 Å². The molecule has 2 aromatic carbocycles. The van der Waals surface area contributed by atoms with Crippen molar-refractivity contribution in [2.45, 2.75) is 13.0 Å². The molecule has 1 aromatic heterocycles. The number of anilines is 1. The van der Waals surface area contributed by atoms with E-state index in [9.17, 15) is 4.79 Å². The number of carbonyl (C=O) groups is 1. The lowest BCUT2D eigenvalue weighted by Gasteiger charge is -2.40. The summed E-state index contributed by atoms with van der Waals surface area (Å²) in [6, 6.07) is 15.3.